The van der Waals surface area contributed by atoms with E-state index in [1.165, 1.54) is 12.1 Å². The van der Waals surface area contributed by atoms with E-state index in [2.05, 4.69) is 0 Å². The first-order valence-electron chi connectivity index (χ1n) is 6.18. The molecule has 0 saturated carbocycles. The van der Waals surface area contributed by atoms with Crippen LogP contribution in [0.2, 0.25) is 0 Å². The van der Waals surface area contributed by atoms with Crippen LogP contribution in [-0.2, 0) is 11.2 Å². The van der Waals surface area contributed by atoms with Crippen molar-refractivity contribution in [2.24, 2.45) is 0 Å². The third kappa shape index (κ3) is 3.56. The number of hydrogen-bond acceptors (Lipinski definition) is 3. The van der Waals surface area contributed by atoms with Gasteiger partial charge in [-0.05, 0) is 42.3 Å². The first kappa shape index (κ1) is 14.0. The van der Waals surface area contributed by atoms with Crippen molar-refractivity contribution in [3.05, 3.63) is 59.4 Å². The molecule has 2 rings (SSSR count). The van der Waals surface area contributed by atoms with E-state index in [0.29, 0.717) is 18.1 Å². The Balaban J connectivity index is 2.12. The predicted molar refractivity (Wildman–Crippen MR) is 73.2 cm³/mol. The fourth-order valence-corrected chi connectivity index (χ4v) is 1.75. The van der Waals surface area contributed by atoms with Crippen molar-refractivity contribution in [1.29, 1.82) is 5.26 Å². The average Bonchev–Trinajstić information content (AvgIpc) is 2.48. The maximum Gasteiger partial charge on any atom is 0.145 e. The molecule has 0 aliphatic heterocycles. The maximum atomic E-state index is 13.0. The maximum absolute atomic E-state index is 13.0. The Kier molecular flexibility index (Phi) is 4.70. The third-order valence-corrected chi connectivity index (χ3v) is 2.81. The van der Waals surface area contributed by atoms with E-state index in [4.69, 9.17) is 14.7 Å². The molecule has 0 heterocycles. The van der Waals surface area contributed by atoms with Crippen molar-refractivity contribution in [2.45, 2.75) is 6.42 Å². The molecular weight excluding hydrogens is 257 g/mol. The molecule has 0 saturated heterocycles. The normalized spacial score (nSPS) is 10.1. The summed E-state index contributed by atoms with van der Waals surface area (Å²) < 4.78 is 23.6. The molecule has 0 spiro atoms. The number of hydrogen-bond donors (Lipinski definition) is 0. The lowest BCUT2D eigenvalue weighted by molar-refractivity contribution is 0.202. The van der Waals surface area contributed by atoms with E-state index in [9.17, 15) is 4.39 Å². The van der Waals surface area contributed by atoms with Crippen molar-refractivity contribution in [1.82, 2.24) is 0 Å². The second kappa shape index (κ2) is 6.69. The third-order valence-electron chi connectivity index (χ3n) is 2.81. The van der Waals surface area contributed by atoms with Gasteiger partial charge in [-0.2, -0.15) is 5.26 Å². The van der Waals surface area contributed by atoms with Crippen LogP contribution in [0.25, 0.3) is 0 Å². The van der Waals surface area contributed by atoms with Gasteiger partial charge in [0.25, 0.3) is 0 Å². The summed E-state index contributed by atoms with van der Waals surface area (Å²) in [5.41, 5.74) is 1.31. The molecule has 0 fully saturated rings. The molecule has 3 nitrogen and oxygen atoms in total. The molecule has 0 aromatic heterocycles. The first-order chi connectivity index (χ1) is 9.72. The monoisotopic (exact) mass is 271 g/mol. The molecule has 0 unspecified atom stereocenters. The molecule has 102 valence electrons. The molecule has 2 aromatic rings. The highest BCUT2D eigenvalue weighted by atomic mass is 19.1. The van der Waals surface area contributed by atoms with E-state index >= 15 is 0 Å². The minimum atomic E-state index is -0.455. The highest BCUT2D eigenvalue weighted by Gasteiger charge is 2.06. The average molecular weight is 271 g/mol. The molecule has 0 atom stereocenters. The highest BCUT2D eigenvalue weighted by Crippen LogP contribution is 2.25. The van der Waals surface area contributed by atoms with Gasteiger partial charge < -0.3 is 9.47 Å². The summed E-state index contributed by atoms with van der Waals surface area (Å²) in [7, 11) is 1.66. The fourth-order valence-electron chi connectivity index (χ4n) is 1.75. The second-order valence-electron chi connectivity index (χ2n) is 4.24. The number of rotatable bonds is 5. The molecule has 4 heteroatoms. The standard InChI is InChI=1S/C16H14FNO2/c1-19-9-8-12-2-5-15(6-3-12)20-16-7-4-14(17)10-13(16)11-18/h2-7,10H,8-9H2,1H3. The quantitative estimate of drug-likeness (QED) is 0.833. The number of nitrogens with zero attached hydrogens (tertiary/aromatic N) is 1. The molecule has 2 aromatic carbocycles. The van der Waals surface area contributed by atoms with Gasteiger partial charge in [-0.25, -0.2) is 4.39 Å². The zero-order chi connectivity index (χ0) is 14.4. The van der Waals surface area contributed by atoms with Crippen LogP contribution in [0, 0.1) is 17.1 Å². The van der Waals surface area contributed by atoms with Gasteiger partial charge in [0.2, 0.25) is 0 Å². The van der Waals surface area contributed by atoms with Crippen LogP contribution < -0.4 is 4.74 Å². The van der Waals surface area contributed by atoms with Crippen molar-refractivity contribution in [2.75, 3.05) is 13.7 Å². The smallest absolute Gasteiger partial charge is 0.145 e. The summed E-state index contributed by atoms with van der Waals surface area (Å²) >= 11 is 0. The summed E-state index contributed by atoms with van der Waals surface area (Å²) in [5.74, 6) is 0.497. The van der Waals surface area contributed by atoms with Gasteiger partial charge in [0.05, 0.1) is 12.2 Å². The summed E-state index contributed by atoms with van der Waals surface area (Å²) in [6.45, 7) is 0.663. The number of benzene rings is 2. The molecule has 0 N–H and O–H groups in total. The van der Waals surface area contributed by atoms with E-state index in [1.54, 1.807) is 7.11 Å². The van der Waals surface area contributed by atoms with E-state index in [-0.39, 0.29) is 5.56 Å². The van der Waals surface area contributed by atoms with Crippen LogP contribution in [0.1, 0.15) is 11.1 Å². The molecule has 0 aliphatic carbocycles. The van der Waals surface area contributed by atoms with Crippen LogP contribution in [0.5, 0.6) is 11.5 Å². The van der Waals surface area contributed by atoms with Crippen LogP contribution >= 0.6 is 0 Å². The van der Waals surface area contributed by atoms with Gasteiger partial charge in [0.15, 0.2) is 0 Å². The minimum absolute atomic E-state index is 0.174. The Morgan fingerprint density at radius 2 is 1.90 bits per heavy atom. The van der Waals surface area contributed by atoms with Crippen LogP contribution in [0.3, 0.4) is 0 Å². The highest BCUT2D eigenvalue weighted by molar-refractivity contribution is 5.45. The van der Waals surface area contributed by atoms with E-state index in [1.807, 2.05) is 30.3 Å². The summed E-state index contributed by atoms with van der Waals surface area (Å²) in [6, 6.07) is 13.3. The Morgan fingerprint density at radius 3 is 2.55 bits per heavy atom. The largest absolute Gasteiger partial charge is 0.456 e. The zero-order valence-corrected chi connectivity index (χ0v) is 11.1. The van der Waals surface area contributed by atoms with Crippen LogP contribution in [0.15, 0.2) is 42.5 Å². The minimum Gasteiger partial charge on any atom is -0.456 e. The van der Waals surface area contributed by atoms with Crippen molar-refractivity contribution in [3.63, 3.8) is 0 Å². The second-order valence-corrected chi connectivity index (χ2v) is 4.24. The van der Waals surface area contributed by atoms with Gasteiger partial charge in [-0.3, -0.25) is 0 Å². The Morgan fingerprint density at radius 1 is 1.15 bits per heavy atom. The Labute approximate surface area is 117 Å². The SMILES string of the molecule is COCCc1ccc(Oc2ccc(F)cc2C#N)cc1. The summed E-state index contributed by atoms with van der Waals surface area (Å²) in [6.07, 6.45) is 0.830. The molecule has 0 aliphatic rings. The number of ether oxygens (including phenoxy) is 2. The first-order valence-corrected chi connectivity index (χ1v) is 6.18. The molecule has 0 amide bonds. The van der Waals surface area contributed by atoms with Gasteiger partial charge in [-0.1, -0.05) is 12.1 Å². The van der Waals surface area contributed by atoms with E-state index in [0.717, 1.165) is 18.1 Å². The predicted octanol–water partition coefficient (Wildman–Crippen LogP) is 3.68. The zero-order valence-electron chi connectivity index (χ0n) is 11.1. The Hall–Kier alpha value is -2.38. The van der Waals surface area contributed by atoms with Gasteiger partial charge in [-0.15, -0.1) is 0 Å². The van der Waals surface area contributed by atoms with Crippen LogP contribution in [-0.4, -0.2) is 13.7 Å². The lowest BCUT2D eigenvalue weighted by Crippen LogP contribution is -1.94. The molecular formula is C16H14FNO2. The molecule has 0 bridgehead atoms. The Bertz CT molecular complexity index is 617. The van der Waals surface area contributed by atoms with Gasteiger partial charge in [0.1, 0.15) is 23.4 Å². The molecule has 20 heavy (non-hydrogen) atoms. The van der Waals surface area contributed by atoms with Crippen molar-refractivity contribution >= 4 is 0 Å². The number of halogens is 1. The summed E-state index contributed by atoms with van der Waals surface area (Å²) in [5, 5.41) is 8.95. The lowest BCUT2D eigenvalue weighted by atomic mass is 10.1. The summed E-state index contributed by atoms with van der Waals surface area (Å²) in [4.78, 5) is 0. The van der Waals surface area contributed by atoms with Gasteiger partial charge >= 0.3 is 0 Å². The van der Waals surface area contributed by atoms with E-state index < -0.39 is 5.82 Å². The fraction of sp³-hybridized carbons (Fsp3) is 0.188. The lowest BCUT2D eigenvalue weighted by Gasteiger charge is -2.08. The van der Waals surface area contributed by atoms with Crippen molar-refractivity contribution in [3.8, 4) is 17.6 Å². The molecule has 0 radical (unpaired) electrons. The van der Waals surface area contributed by atoms with Crippen LogP contribution in [0.4, 0.5) is 4.39 Å². The number of nitriles is 1. The van der Waals surface area contributed by atoms with Gasteiger partial charge in [0, 0.05) is 7.11 Å². The van der Waals surface area contributed by atoms with Crippen molar-refractivity contribution < 1.29 is 13.9 Å². The number of methoxy groups -OCH3 is 1. The topological polar surface area (TPSA) is 42.2 Å².